The van der Waals surface area contributed by atoms with E-state index in [-0.39, 0.29) is 0 Å². The average Bonchev–Trinajstić information content (AvgIpc) is 2.82. The van der Waals surface area contributed by atoms with Crippen molar-refractivity contribution in [1.29, 1.82) is 0 Å². The number of nitrogen functional groups attached to an aromatic ring is 1. The quantitative estimate of drug-likeness (QED) is 0.703. The van der Waals surface area contributed by atoms with Gasteiger partial charge in [-0.25, -0.2) is 0 Å². The number of benzene rings is 2. The average molecular weight is 255 g/mol. The molecule has 3 N–H and O–H groups in total. The van der Waals surface area contributed by atoms with Gasteiger partial charge >= 0.3 is 0 Å². The fraction of sp³-hybridized carbons (Fsp3) is 0.0714. The number of fused-ring (bicyclic) bond motifs is 1. The molecule has 0 saturated heterocycles. The molecule has 0 aliphatic carbocycles. The summed E-state index contributed by atoms with van der Waals surface area (Å²) in [7, 11) is 1.62. The molecule has 19 heavy (non-hydrogen) atoms. The zero-order valence-corrected chi connectivity index (χ0v) is 10.4. The van der Waals surface area contributed by atoms with Gasteiger partial charge in [0.2, 0.25) is 0 Å². The van der Waals surface area contributed by atoms with Crippen LogP contribution in [-0.2, 0) is 0 Å². The Hall–Kier alpha value is -2.69. The Morgan fingerprint density at radius 1 is 1.16 bits per heavy atom. The van der Waals surface area contributed by atoms with E-state index >= 15 is 0 Å². The van der Waals surface area contributed by atoms with Crippen molar-refractivity contribution >= 4 is 28.5 Å². The molecule has 3 rings (SSSR count). The molecule has 0 amide bonds. The number of rotatable bonds is 3. The van der Waals surface area contributed by atoms with E-state index in [1.165, 1.54) is 0 Å². The molecule has 0 saturated carbocycles. The van der Waals surface area contributed by atoms with Gasteiger partial charge in [0.15, 0.2) is 5.58 Å². The van der Waals surface area contributed by atoms with Gasteiger partial charge in [0.05, 0.1) is 7.11 Å². The molecule has 0 bridgehead atoms. The number of nitrogens with two attached hydrogens (primary N) is 1. The summed E-state index contributed by atoms with van der Waals surface area (Å²) in [5, 5.41) is 3.08. The summed E-state index contributed by atoms with van der Waals surface area (Å²) in [6, 6.07) is 13.3. The van der Waals surface area contributed by atoms with Crippen molar-refractivity contribution in [2.45, 2.75) is 0 Å². The Morgan fingerprint density at radius 2 is 1.95 bits per heavy atom. The molecule has 96 valence electrons. The highest BCUT2D eigenvalue weighted by molar-refractivity contribution is 5.77. The molecule has 0 unspecified atom stereocenters. The SMILES string of the molecule is COc1ccc2oc(Nc3ccc(N)cc3)nc2c1. The van der Waals surface area contributed by atoms with E-state index in [9.17, 15) is 0 Å². The first-order valence-electron chi connectivity index (χ1n) is 5.82. The Labute approximate surface area is 110 Å². The van der Waals surface area contributed by atoms with Crippen molar-refractivity contribution < 1.29 is 9.15 Å². The van der Waals surface area contributed by atoms with Crippen LogP contribution in [0.25, 0.3) is 11.1 Å². The van der Waals surface area contributed by atoms with Gasteiger partial charge in [-0.05, 0) is 36.4 Å². The predicted octanol–water partition coefficient (Wildman–Crippen LogP) is 3.16. The van der Waals surface area contributed by atoms with E-state index in [0.717, 1.165) is 17.0 Å². The van der Waals surface area contributed by atoms with Crippen LogP contribution in [-0.4, -0.2) is 12.1 Å². The van der Waals surface area contributed by atoms with Crippen LogP contribution in [0.4, 0.5) is 17.4 Å². The maximum atomic E-state index is 5.63. The van der Waals surface area contributed by atoms with E-state index in [2.05, 4.69) is 10.3 Å². The van der Waals surface area contributed by atoms with Gasteiger partial charge in [-0.2, -0.15) is 4.98 Å². The number of hydrogen-bond acceptors (Lipinski definition) is 5. The summed E-state index contributed by atoms with van der Waals surface area (Å²) in [5.74, 6) is 0.750. The smallest absolute Gasteiger partial charge is 0.300 e. The maximum absolute atomic E-state index is 5.63. The Morgan fingerprint density at radius 3 is 2.68 bits per heavy atom. The molecule has 3 aromatic rings. The molecule has 2 aromatic carbocycles. The predicted molar refractivity (Wildman–Crippen MR) is 74.7 cm³/mol. The van der Waals surface area contributed by atoms with Gasteiger partial charge in [0.25, 0.3) is 6.01 Å². The van der Waals surface area contributed by atoms with Gasteiger partial charge < -0.3 is 20.2 Å². The van der Waals surface area contributed by atoms with E-state index in [1.54, 1.807) is 7.11 Å². The van der Waals surface area contributed by atoms with Crippen LogP contribution in [0.2, 0.25) is 0 Å². The number of hydrogen-bond donors (Lipinski definition) is 2. The minimum absolute atomic E-state index is 0.438. The van der Waals surface area contributed by atoms with Crippen LogP contribution >= 0.6 is 0 Å². The molecular formula is C14H13N3O2. The van der Waals surface area contributed by atoms with E-state index < -0.39 is 0 Å². The molecular weight excluding hydrogens is 242 g/mol. The molecule has 1 heterocycles. The summed E-state index contributed by atoms with van der Waals surface area (Å²) in [6.07, 6.45) is 0. The normalized spacial score (nSPS) is 10.6. The van der Waals surface area contributed by atoms with Gasteiger partial charge in [-0.1, -0.05) is 0 Å². The lowest BCUT2D eigenvalue weighted by atomic mass is 10.3. The standard InChI is InChI=1S/C14H13N3O2/c1-18-11-6-7-13-12(8-11)17-14(19-13)16-10-4-2-9(15)3-5-10/h2-8H,15H2,1H3,(H,16,17). The first-order chi connectivity index (χ1) is 9.24. The molecule has 1 aromatic heterocycles. The third kappa shape index (κ3) is 2.30. The van der Waals surface area contributed by atoms with Crippen molar-refractivity contribution in [3.05, 3.63) is 42.5 Å². The summed E-state index contributed by atoms with van der Waals surface area (Å²) in [6.45, 7) is 0. The molecule has 0 spiro atoms. The number of oxazole rings is 1. The van der Waals surface area contributed by atoms with Crippen molar-refractivity contribution in [3.8, 4) is 5.75 Å². The molecule has 0 radical (unpaired) electrons. The Bertz CT molecular complexity index is 704. The molecule has 0 aliphatic rings. The van der Waals surface area contributed by atoms with Crippen molar-refractivity contribution in [2.75, 3.05) is 18.2 Å². The van der Waals surface area contributed by atoms with Crippen LogP contribution in [0.15, 0.2) is 46.9 Å². The summed E-state index contributed by atoms with van der Waals surface area (Å²) >= 11 is 0. The largest absolute Gasteiger partial charge is 0.497 e. The Balaban J connectivity index is 1.90. The molecule has 5 nitrogen and oxygen atoms in total. The number of anilines is 3. The van der Waals surface area contributed by atoms with Gasteiger partial charge in [0.1, 0.15) is 11.3 Å². The number of nitrogens with one attached hydrogen (secondary N) is 1. The first kappa shape index (κ1) is 11.4. The lowest BCUT2D eigenvalue weighted by Crippen LogP contribution is -1.90. The van der Waals surface area contributed by atoms with Gasteiger partial charge in [-0.15, -0.1) is 0 Å². The lowest BCUT2D eigenvalue weighted by molar-refractivity contribution is 0.415. The van der Waals surface area contributed by atoms with Crippen LogP contribution in [0.3, 0.4) is 0 Å². The van der Waals surface area contributed by atoms with Gasteiger partial charge in [0, 0.05) is 17.4 Å². The highest BCUT2D eigenvalue weighted by atomic mass is 16.5. The number of aromatic nitrogens is 1. The molecule has 0 atom stereocenters. The number of ether oxygens (including phenoxy) is 1. The zero-order chi connectivity index (χ0) is 13.2. The first-order valence-corrected chi connectivity index (χ1v) is 5.82. The fourth-order valence-electron chi connectivity index (χ4n) is 1.78. The fourth-order valence-corrected chi connectivity index (χ4v) is 1.78. The maximum Gasteiger partial charge on any atom is 0.300 e. The van der Waals surface area contributed by atoms with Crippen LogP contribution in [0, 0.1) is 0 Å². The van der Waals surface area contributed by atoms with Gasteiger partial charge in [-0.3, -0.25) is 0 Å². The number of methoxy groups -OCH3 is 1. The van der Waals surface area contributed by atoms with Crippen LogP contribution in [0.1, 0.15) is 0 Å². The van der Waals surface area contributed by atoms with Crippen LogP contribution < -0.4 is 15.8 Å². The molecule has 0 fully saturated rings. The molecule has 5 heteroatoms. The van der Waals surface area contributed by atoms with Crippen molar-refractivity contribution in [1.82, 2.24) is 4.98 Å². The van der Waals surface area contributed by atoms with Crippen LogP contribution in [0.5, 0.6) is 5.75 Å². The third-order valence-electron chi connectivity index (χ3n) is 2.76. The Kier molecular flexibility index (Phi) is 2.72. The van der Waals surface area contributed by atoms with Crippen molar-refractivity contribution in [2.24, 2.45) is 0 Å². The second kappa shape index (κ2) is 4.53. The highest BCUT2D eigenvalue weighted by Crippen LogP contribution is 2.25. The molecule has 0 aliphatic heterocycles. The summed E-state index contributed by atoms with van der Waals surface area (Å²) < 4.78 is 10.7. The van der Waals surface area contributed by atoms with Crippen molar-refractivity contribution in [3.63, 3.8) is 0 Å². The zero-order valence-electron chi connectivity index (χ0n) is 10.4. The van der Waals surface area contributed by atoms with E-state index in [4.69, 9.17) is 14.9 Å². The summed E-state index contributed by atoms with van der Waals surface area (Å²) in [4.78, 5) is 4.35. The minimum atomic E-state index is 0.438. The summed E-state index contributed by atoms with van der Waals surface area (Å²) in [5.41, 5.74) is 8.67. The second-order valence-corrected chi connectivity index (χ2v) is 4.10. The minimum Gasteiger partial charge on any atom is -0.497 e. The third-order valence-corrected chi connectivity index (χ3v) is 2.76. The number of nitrogens with zero attached hydrogens (tertiary/aromatic N) is 1. The monoisotopic (exact) mass is 255 g/mol. The lowest BCUT2D eigenvalue weighted by Gasteiger charge is -2.00. The highest BCUT2D eigenvalue weighted by Gasteiger charge is 2.06. The topological polar surface area (TPSA) is 73.3 Å². The van der Waals surface area contributed by atoms with E-state index in [1.807, 2.05) is 42.5 Å². The second-order valence-electron chi connectivity index (χ2n) is 4.10. The van der Waals surface area contributed by atoms with E-state index in [0.29, 0.717) is 17.3 Å².